The van der Waals surface area contributed by atoms with Gasteiger partial charge in [0.2, 0.25) is 5.57 Å². The van der Waals surface area contributed by atoms with Gasteiger partial charge in [-0.15, -0.1) is 0 Å². The molecule has 0 heterocycles. The Morgan fingerprint density at radius 3 is 2.38 bits per heavy atom. The summed E-state index contributed by atoms with van der Waals surface area (Å²) in [7, 11) is 0. The summed E-state index contributed by atoms with van der Waals surface area (Å²) in [4.78, 5) is 0. The van der Waals surface area contributed by atoms with E-state index >= 15 is 0 Å². The van der Waals surface area contributed by atoms with Crippen molar-refractivity contribution >= 4 is 0 Å². The lowest BCUT2D eigenvalue weighted by Crippen LogP contribution is -1.95. The SMILES string of the molecule is [C+](=C1C=CCC(C=C2C=CCC=C2)=C1)c1cccc([C+]=C2C=C[CH+]C(=[C+]c3ccccc3)C2)c1. The molecule has 0 N–H and O–H groups in total. The van der Waals surface area contributed by atoms with Crippen molar-refractivity contribution in [2.24, 2.45) is 0 Å². The minimum Gasteiger partial charge on any atom is -0.0801 e. The van der Waals surface area contributed by atoms with Crippen molar-refractivity contribution in [1.29, 1.82) is 0 Å². The monoisotopic (exact) mass is 434 g/mol. The van der Waals surface area contributed by atoms with E-state index in [1.54, 1.807) is 0 Å². The molecule has 5 rings (SSSR count). The van der Waals surface area contributed by atoms with Crippen molar-refractivity contribution in [3.8, 4) is 0 Å². The third-order valence-electron chi connectivity index (χ3n) is 5.75. The van der Waals surface area contributed by atoms with Crippen molar-refractivity contribution in [1.82, 2.24) is 0 Å². The summed E-state index contributed by atoms with van der Waals surface area (Å²) in [5.41, 5.74) is 9.21. The van der Waals surface area contributed by atoms with Crippen LogP contribution >= 0.6 is 0 Å². The first kappa shape index (κ1) is 21.5. The Hall–Kier alpha value is -4.30. The maximum atomic E-state index is 3.58. The highest BCUT2D eigenvalue weighted by molar-refractivity contribution is 5.49. The Bertz CT molecular complexity index is 1300. The van der Waals surface area contributed by atoms with E-state index in [1.165, 1.54) is 16.7 Å². The molecule has 158 valence electrons. The molecule has 0 unspecified atom stereocenters. The molecule has 0 atom stereocenters. The van der Waals surface area contributed by atoms with E-state index in [0.717, 1.165) is 47.1 Å². The van der Waals surface area contributed by atoms with E-state index in [4.69, 9.17) is 0 Å². The third kappa shape index (κ3) is 5.93. The summed E-state index contributed by atoms with van der Waals surface area (Å²) in [6.07, 6.45) is 37.4. The van der Waals surface area contributed by atoms with Gasteiger partial charge in [-0.25, -0.2) is 0 Å². The van der Waals surface area contributed by atoms with Crippen LogP contribution in [-0.4, -0.2) is 0 Å². The highest BCUT2D eigenvalue weighted by Crippen LogP contribution is 2.24. The maximum absolute atomic E-state index is 3.58. The van der Waals surface area contributed by atoms with E-state index in [1.807, 2.05) is 18.2 Å². The maximum Gasteiger partial charge on any atom is 0.242 e. The lowest BCUT2D eigenvalue weighted by molar-refractivity contribution is 1.12. The van der Waals surface area contributed by atoms with Crippen LogP contribution in [0, 0.1) is 24.6 Å². The molecule has 3 aliphatic carbocycles. The number of rotatable bonds is 4. The summed E-state index contributed by atoms with van der Waals surface area (Å²) in [5.74, 6) is 0. The van der Waals surface area contributed by atoms with Gasteiger partial charge in [0.15, 0.2) is 28.9 Å². The van der Waals surface area contributed by atoms with E-state index < -0.39 is 0 Å². The fourth-order valence-corrected chi connectivity index (χ4v) is 4.17. The Kier molecular flexibility index (Phi) is 6.68. The molecule has 0 aliphatic heterocycles. The van der Waals surface area contributed by atoms with Crippen LogP contribution in [0.25, 0.3) is 0 Å². The molecule has 0 heteroatoms. The van der Waals surface area contributed by atoms with E-state index in [9.17, 15) is 0 Å². The Labute approximate surface area is 203 Å². The minimum atomic E-state index is 0.826. The van der Waals surface area contributed by atoms with E-state index in [2.05, 4.69) is 122 Å². The van der Waals surface area contributed by atoms with Gasteiger partial charge in [-0.1, -0.05) is 42.5 Å². The minimum absolute atomic E-state index is 0.826. The molecular weight excluding hydrogens is 408 g/mol. The largest absolute Gasteiger partial charge is 0.242 e. The highest BCUT2D eigenvalue weighted by Gasteiger charge is 2.25. The molecule has 0 spiro atoms. The molecule has 0 saturated heterocycles. The zero-order chi connectivity index (χ0) is 23.0. The Morgan fingerprint density at radius 2 is 1.53 bits per heavy atom. The van der Waals surface area contributed by atoms with Crippen LogP contribution in [0.5, 0.6) is 0 Å². The van der Waals surface area contributed by atoms with Crippen LogP contribution in [0.4, 0.5) is 0 Å². The van der Waals surface area contributed by atoms with Crippen molar-refractivity contribution in [2.45, 2.75) is 19.3 Å². The van der Waals surface area contributed by atoms with E-state index in [-0.39, 0.29) is 0 Å². The first-order chi connectivity index (χ1) is 16.8. The van der Waals surface area contributed by atoms with Crippen LogP contribution in [0.1, 0.15) is 36.0 Å². The smallest absolute Gasteiger partial charge is 0.0801 e. The summed E-state index contributed by atoms with van der Waals surface area (Å²) in [6, 6.07) is 18.7. The van der Waals surface area contributed by atoms with Crippen LogP contribution in [-0.2, 0) is 0 Å². The summed E-state index contributed by atoms with van der Waals surface area (Å²) >= 11 is 0. The van der Waals surface area contributed by atoms with Crippen molar-refractivity contribution in [3.63, 3.8) is 0 Å². The molecule has 0 saturated carbocycles. The number of benzene rings is 2. The summed E-state index contributed by atoms with van der Waals surface area (Å²) in [5, 5.41) is 0. The standard InChI is InChI=1S/C34H26/c1-3-10-27(11-4-1)20-29-14-7-16-31(22-29)24-33-18-9-19-34(26-33)25-32-17-8-15-30(23-32)21-28-12-5-2-6-13-28/h1,3-14,16-19,21,23,26H,2,15,22H2/q+4. The Morgan fingerprint density at radius 1 is 0.735 bits per heavy atom. The van der Waals surface area contributed by atoms with Gasteiger partial charge in [-0.2, -0.15) is 0 Å². The predicted octanol–water partition coefficient (Wildman–Crippen LogP) is 8.11. The van der Waals surface area contributed by atoms with Gasteiger partial charge in [-0.05, 0) is 41.9 Å². The fourth-order valence-electron chi connectivity index (χ4n) is 4.17. The van der Waals surface area contributed by atoms with Gasteiger partial charge in [0.1, 0.15) is 30.1 Å². The van der Waals surface area contributed by atoms with Gasteiger partial charge in [0.25, 0.3) is 0 Å². The zero-order valence-electron chi connectivity index (χ0n) is 19.2. The van der Waals surface area contributed by atoms with E-state index in [0.29, 0.717) is 0 Å². The lowest BCUT2D eigenvalue weighted by atomic mass is 9.93. The van der Waals surface area contributed by atoms with Gasteiger partial charge in [0, 0.05) is 48.9 Å². The Balaban J connectivity index is 1.33. The molecule has 0 nitrogen and oxygen atoms in total. The fraction of sp³-hybridized carbons (Fsp3) is 0.0882. The van der Waals surface area contributed by atoms with Crippen molar-refractivity contribution in [3.05, 3.63) is 185 Å². The normalized spacial score (nSPS) is 19.9. The van der Waals surface area contributed by atoms with Gasteiger partial charge < -0.3 is 0 Å². The molecule has 3 aliphatic rings. The summed E-state index contributed by atoms with van der Waals surface area (Å²) in [6.45, 7) is 0. The first-order valence-corrected chi connectivity index (χ1v) is 11.8. The number of hydrogen-bond donors (Lipinski definition) is 0. The van der Waals surface area contributed by atoms with Gasteiger partial charge in [-0.3, -0.25) is 0 Å². The zero-order valence-corrected chi connectivity index (χ0v) is 19.2. The highest BCUT2D eigenvalue weighted by atomic mass is 14.1. The molecule has 34 heavy (non-hydrogen) atoms. The average molecular weight is 435 g/mol. The third-order valence-corrected chi connectivity index (χ3v) is 5.75. The number of allylic oxidation sites excluding steroid dienone is 15. The lowest BCUT2D eigenvalue weighted by Gasteiger charge is -2.04. The average Bonchev–Trinajstić information content (AvgIpc) is 2.86. The molecule has 0 radical (unpaired) electrons. The second-order valence-electron chi connectivity index (χ2n) is 8.54. The topological polar surface area (TPSA) is 0 Å². The molecular formula is C34H26+4. The van der Waals surface area contributed by atoms with Crippen LogP contribution < -0.4 is 0 Å². The molecule has 0 bridgehead atoms. The molecule has 0 amide bonds. The van der Waals surface area contributed by atoms with Crippen molar-refractivity contribution in [2.75, 3.05) is 0 Å². The molecule has 0 aromatic heterocycles. The second-order valence-corrected chi connectivity index (χ2v) is 8.54. The summed E-state index contributed by atoms with van der Waals surface area (Å²) < 4.78 is 0. The molecule has 0 fully saturated rings. The predicted molar refractivity (Wildman–Crippen MR) is 141 cm³/mol. The van der Waals surface area contributed by atoms with Gasteiger partial charge in [0.05, 0.1) is 6.07 Å². The quantitative estimate of drug-likeness (QED) is 0.426. The van der Waals surface area contributed by atoms with Crippen LogP contribution in [0.15, 0.2) is 143 Å². The molecule has 2 aromatic carbocycles. The van der Waals surface area contributed by atoms with Gasteiger partial charge >= 0.3 is 0 Å². The second kappa shape index (κ2) is 10.5. The van der Waals surface area contributed by atoms with Crippen LogP contribution in [0.2, 0.25) is 0 Å². The number of hydrogen-bond acceptors (Lipinski definition) is 0. The van der Waals surface area contributed by atoms with Crippen molar-refractivity contribution < 1.29 is 0 Å². The van der Waals surface area contributed by atoms with Crippen LogP contribution in [0.3, 0.4) is 0 Å². The first-order valence-electron chi connectivity index (χ1n) is 11.8. The molecule has 2 aromatic rings.